The molecule has 174 valence electrons. The fraction of sp³-hybridized carbons (Fsp3) is 0.857. The van der Waals surface area contributed by atoms with E-state index in [1.807, 2.05) is 0 Å². The molecule has 0 radical (unpaired) electrons. The molecule has 1 saturated heterocycles. The van der Waals surface area contributed by atoms with Crippen molar-refractivity contribution in [3.63, 3.8) is 0 Å². The SMILES string of the molecule is C[C@H]([C@H]1CC[C@@]2(C)C[C@H]3CC[C@H]4C(=CC3=C[C@]12C)CC[C@@H]1N(C)COC[C@@]14C)N(C)C. The quantitative estimate of drug-likeness (QED) is 0.561. The van der Waals surface area contributed by atoms with Crippen LogP contribution in [0.25, 0.3) is 0 Å². The third-order valence-corrected chi connectivity index (χ3v) is 11.2. The number of nitrogens with zero attached hydrogens (tertiary/aromatic N) is 2. The van der Waals surface area contributed by atoms with Crippen molar-refractivity contribution in [2.45, 2.75) is 84.7 Å². The van der Waals surface area contributed by atoms with Crippen LogP contribution in [0.2, 0.25) is 0 Å². The highest BCUT2D eigenvalue weighted by Gasteiger charge is 2.58. The maximum Gasteiger partial charge on any atom is 0.0990 e. The first-order valence-corrected chi connectivity index (χ1v) is 13.0. The summed E-state index contributed by atoms with van der Waals surface area (Å²) in [5.74, 6) is 2.21. The lowest BCUT2D eigenvalue weighted by Crippen LogP contribution is -2.58. The van der Waals surface area contributed by atoms with Gasteiger partial charge >= 0.3 is 0 Å². The largest absolute Gasteiger partial charge is 0.365 e. The second kappa shape index (κ2) is 7.43. The van der Waals surface area contributed by atoms with Crippen LogP contribution in [0.1, 0.15) is 72.6 Å². The summed E-state index contributed by atoms with van der Waals surface area (Å²) in [6.45, 7) is 12.0. The van der Waals surface area contributed by atoms with Crippen LogP contribution in [0, 0.1) is 34.0 Å². The minimum Gasteiger partial charge on any atom is -0.365 e. The predicted octanol–water partition coefficient (Wildman–Crippen LogP) is 5.73. The highest BCUT2D eigenvalue weighted by Crippen LogP contribution is 2.65. The molecule has 0 aromatic heterocycles. The molecule has 5 aliphatic rings. The van der Waals surface area contributed by atoms with Crippen molar-refractivity contribution in [2.24, 2.45) is 34.0 Å². The van der Waals surface area contributed by atoms with E-state index in [9.17, 15) is 0 Å². The Kier molecular flexibility index (Phi) is 5.32. The molecular weight excluding hydrogens is 380 g/mol. The van der Waals surface area contributed by atoms with Crippen molar-refractivity contribution in [1.82, 2.24) is 9.80 Å². The topological polar surface area (TPSA) is 15.7 Å². The summed E-state index contributed by atoms with van der Waals surface area (Å²) < 4.78 is 6.10. The van der Waals surface area contributed by atoms with Gasteiger partial charge in [0, 0.05) is 17.5 Å². The molecule has 0 bridgehead atoms. The molecule has 5 rings (SSSR count). The van der Waals surface area contributed by atoms with Gasteiger partial charge in [-0.1, -0.05) is 38.5 Å². The lowest BCUT2D eigenvalue weighted by Gasteiger charge is -2.54. The van der Waals surface area contributed by atoms with Gasteiger partial charge in [0.2, 0.25) is 0 Å². The van der Waals surface area contributed by atoms with Gasteiger partial charge in [0.25, 0.3) is 0 Å². The number of allylic oxidation sites excluding steroid dienone is 4. The molecule has 0 amide bonds. The van der Waals surface area contributed by atoms with Gasteiger partial charge < -0.3 is 9.64 Å². The van der Waals surface area contributed by atoms with E-state index < -0.39 is 0 Å². The first kappa shape index (κ1) is 22.2. The predicted molar refractivity (Wildman–Crippen MR) is 129 cm³/mol. The Balaban J connectivity index is 1.51. The summed E-state index contributed by atoms with van der Waals surface area (Å²) in [6.07, 6.45) is 15.0. The Morgan fingerprint density at radius 2 is 1.90 bits per heavy atom. The number of hydrogen-bond donors (Lipinski definition) is 0. The van der Waals surface area contributed by atoms with Crippen molar-refractivity contribution in [1.29, 1.82) is 0 Å². The molecule has 4 aliphatic carbocycles. The summed E-state index contributed by atoms with van der Waals surface area (Å²) in [4.78, 5) is 4.94. The van der Waals surface area contributed by atoms with Crippen LogP contribution in [0.15, 0.2) is 23.3 Å². The summed E-state index contributed by atoms with van der Waals surface area (Å²) in [7, 11) is 6.80. The molecule has 0 aromatic rings. The van der Waals surface area contributed by atoms with Gasteiger partial charge in [-0.05, 0) is 107 Å². The minimum absolute atomic E-state index is 0.275. The van der Waals surface area contributed by atoms with Gasteiger partial charge in [-0.15, -0.1) is 0 Å². The van der Waals surface area contributed by atoms with E-state index in [-0.39, 0.29) is 5.41 Å². The fourth-order valence-electron chi connectivity index (χ4n) is 8.90. The number of ether oxygens (including phenoxy) is 1. The van der Waals surface area contributed by atoms with Crippen molar-refractivity contribution in [2.75, 3.05) is 34.5 Å². The van der Waals surface area contributed by atoms with Gasteiger partial charge in [0.15, 0.2) is 0 Å². The molecule has 0 unspecified atom stereocenters. The lowest BCUT2D eigenvalue weighted by molar-refractivity contribution is -0.142. The Hall–Kier alpha value is -0.640. The Morgan fingerprint density at radius 3 is 2.65 bits per heavy atom. The van der Waals surface area contributed by atoms with Crippen LogP contribution in [0.4, 0.5) is 0 Å². The van der Waals surface area contributed by atoms with E-state index in [4.69, 9.17) is 4.74 Å². The lowest BCUT2D eigenvalue weighted by atomic mass is 9.55. The molecule has 1 heterocycles. The first-order chi connectivity index (χ1) is 14.6. The van der Waals surface area contributed by atoms with E-state index in [2.05, 4.69) is 70.8 Å². The zero-order valence-corrected chi connectivity index (χ0v) is 21.2. The van der Waals surface area contributed by atoms with Crippen LogP contribution in [-0.2, 0) is 4.74 Å². The molecule has 0 N–H and O–H groups in total. The van der Waals surface area contributed by atoms with Crippen LogP contribution in [-0.4, -0.2) is 56.4 Å². The van der Waals surface area contributed by atoms with Crippen LogP contribution in [0.3, 0.4) is 0 Å². The molecule has 1 aliphatic heterocycles. The van der Waals surface area contributed by atoms with E-state index in [0.29, 0.717) is 28.8 Å². The summed E-state index contributed by atoms with van der Waals surface area (Å²) >= 11 is 0. The molecule has 2 saturated carbocycles. The zero-order valence-electron chi connectivity index (χ0n) is 21.2. The molecule has 8 atom stereocenters. The molecule has 31 heavy (non-hydrogen) atoms. The Labute approximate surface area is 191 Å². The molecule has 3 heteroatoms. The maximum atomic E-state index is 6.10. The number of rotatable bonds is 2. The summed E-state index contributed by atoms with van der Waals surface area (Å²) in [5, 5.41) is 0. The van der Waals surface area contributed by atoms with E-state index in [1.165, 1.54) is 44.9 Å². The van der Waals surface area contributed by atoms with E-state index in [0.717, 1.165) is 25.2 Å². The monoisotopic (exact) mass is 426 g/mol. The van der Waals surface area contributed by atoms with E-state index in [1.54, 1.807) is 11.1 Å². The summed E-state index contributed by atoms with van der Waals surface area (Å²) in [6, 6.07) is 1.31. The molecule has 0 aromatic carbocycles. The van der Waals surface area contributed by atoms with Gasteiger partial charge in [0.1, 0.15) is 0 Å². The van der Waals surface area contributed by atoms with E-state index >= 15 is 0 Å². The van der Waals surface area contributed by atoms with Crippen LogP contribution < -0.4 is 0 Å². The normalized spacial score (nSPS) is 48.6. The van der Waals surface area contributed by atoms with Gasteiger partial charge in [-0.25, -0.2) is 0 Å². The van der Waals surface area contributed by atoms with Gasteiger partial charge in [-0.2, -0.15) is 0 Å². The highest BCUT2D eigenvalue weighted by atomic mass is 16.5. The molecule has 3 nitrogen and oxygen atoms in total. The average Bonchev–Trinajstić information content (AvgIpc) is 2.84. The molecule has 0 spiro atoms. The smallest absolute Gasteiger partial charge is 0.0990 e. The fourth-order valence-corrected chi connectivity index (χ4v) is 8.90. The average molecular weight is 427 g/mol. The van der Waals surface area contributed by atoms with Gasteiger partial charge in [-0.3, -0.25) is 4.90 Å². The van der Waals surface area contributed by atoms with Crippen molar-refractivity contribution >= 4 is 0 Å². The Morgan fingerprint density at radius 1 is 1.13 bits per heavy atom. The van der Waals surface area contributed by atoms with Crippen molar-refractivity contribution < 1.29 is 4.74 Å². The minimum atomic E-state index is 0.275. The molecular formula is C28H46N2O. The van der Waals surface area contributed by atoms with Crippen molar-refractivity contribution in [3.05, 3.63) is 23.3 Å². The third kappa shape index (κ3) is 3.16. The van der Waals surface area contributed by atoms with Crippen LogP contribution >= 0.6 is 0 Å². The third-order valence-electron chi connectivity index (χ3n) is 11.2. The molecule has 3 fully saturated rings. The van der Waals surface area contributed by atoms with Crippen molar-refractivity contribution in [3.8, 4) is 0 Å². The summed E-state index contributed by atoms with van der Waals surface area (Å²) in [5.41, 5.74) is 4.48. The highest BCUT2D eigenvalue weighted by molar-refractivity contribution is 5.38. The Bertz CT molecular complexity index is 786. The second-order valence-electron chi connectivity index (χ2n) is 12.9. The number of fused-ring (bicyclic) bond motifs is 5. The maximum absolute atomic E-state index is 6.10. The first-order valence-electron chi connectivity index (χ1n) is 13.0. The van der Waals surface area contributed by atoms with Crippen LogP contribution in [0.5, 0.6) is 0 Å². The second-order valence-corrected chi connectivity index (χ2v) is 12.9. The number of hydrogen-bond acceptors (Lipinski definition) is 3. The van der Waals surface area contributed by atoms with Gasteiger partial charge in [0.05, 0.1) is 13.3 Å². The standard InChI is InChI=1S/C28H46N2O/c1-19(29(5)6)23-12-13-26(2)15-21-8-10-24-20(14-22(21)16-28(23,26)4)9-11-25-27(24,3)17-31-18-30(25)7/h14,16,19,21,23-25H,8-13,15,17-18H2,1-7H3/t19-,21-,23-,24+,25+,26+,27-,28-/m1/s1. The zero-order chi connectivity index (χ0) is 22.2.